The lowest BCUT2D eigenvalue weighted by atomic mass is 10.2. The highest BCUT2D eigenvalue weighted by molar-refractivity contribution is 6.30. The lowest BCUT2D eigenvalue weighted by molar-refractivity contribution is -0.111. The quantitative estimate of drug-likeness (QED) is 0.748. The number of nitrogens with zero attached hydrogens (tertiary/aromatic N) is 4. The predicted octanol–water partition coefficient (Wildman–Crippen LogP) is 2.97. The van der Waals surface area contributed by atoms with E-state index in [0.29, 0.717) is 10.7 Å². The molecule has 7 heteroatoms. The van der Waals surface area contributed by atoms with Crippen LogP contribution in [0.5, 0.6) is 0 Å². The topological polar surface area (TPSA) is 72.7 Å². The fourth-order valence-corrected chi connectivity index (χ4v) is 2.03. The van der Waals surface area contributed by atoms with Crippen molar-refractivity contribution in [3.8, 4) is 5.69 Å². The Balaban J connectivity index is 1.62. The normalized spacial score (nSPS) is 10.8. The molecule has 0 atom stereocenters. The molecule has 0 saturated heterocycles. The number of amides is 1. The molecule has 2 aromatic carbocycles. The van der Waals surface area contributed by atoms with Crippen LogP contribution in [-0.2, 0) is 4.79 Å². The predicted molar refractivity (Wildman–Crippen MR) is 88.3 cm³/mol. The monoisotopic (exact) mass is 325 g/mol. The van der Waals surface area contributed by atoms with Crippen molar-refractivity contribution >= 4 is 29.3 Å². The van der Waals surface area contributed by atoms with Crippen LogP contribution in [0.4, 0.5) is 5.69 Å². The van der Waals surface area contributed by atoms with E-state index >= 15 is 0 Å². The third-order valence-corrected chi connectivity index (χ3v) is 3.30. The van der Waals surface area contributed by atoms with E-state index in [1.807, 2.05) is 24.3 Å². The van der Waals surface area contributed by atoms with Crippen molar-refractivity contribution in [2.24, 2.45) is 0 Å². The molecule has 23 heavy (non-hydrogen) atoms. The summed E-state index contributed by atoms with van der Waals surface area (Å²) in [5.41, 5.74) is 2.40. The second kappa shape index (κ2) is 6.85. The third kappa shape index (κ3) is 4.02. The lowest BCUT2D eigenvalue weighted by Gasteiger charge is -2.04. The Labute approximate surface area is 137 Å². The lowest BCUT2D eigenvalue weighted by Crippen LogP contribution is -2.07. The fourth-order valence-electron chi connectivity index (χ4n) is 1.91. The summed E-state index contributed by atoms with van der Waals surface area (Å²) in [6.45, 7) is 0. The van der Waals surface area contributed by atoms with Crippen molar-refractivity contribution in [2.45, 2.75) is 0 Å². The van der Waals surface area contributed by atoms with Crippen LogP contribution in [0.2, 0.25) is 5.02 Å². The van der Waals surface area contributed by atoms with Crippen LogP contribution in [0.25, 0.3) is 11.8 Å². The summed E-state index contributed by atoms with van der Waals surface area (Å²) in [5.74, 6) is -0.213. The maximum absolute atomic E-state index is 11.9. The number of rotatable bonds is 4. The van der Waals surface area contributed by atoms with Crippen molar-refractivity contribution in [3.05, 3.63) is 71.5 Å². The Morgan fingerprint density at radius 2 is 1.83 bits per heavy atom. The van der Waals surface area contributed by atoms with Gasteiger partial charge in [0.2, 0.25) is 5.91 Å². The number of tetrazole rings is 1. The number of aromatic nitrogens is 4. The third-order valence-electron chi connectivity index (χ3n) is 3.05. The van der Waals surface area contributed by atoms with Crippen LogP contribution in [0.15, 0.2) is 60.9 Å². The van der Waals surface area contributed by atoms with Gasteiger partial charge in [0, 0.05) is 16.8 Å². The summed E-state index contributed by atoms with van der Waals surface area (Å²) in [4.78, 5) is 11.9. The van der Waals surface area contributed by atoms with Gasteiger partial charge in [-0.3, -0.25) is 4.79 Å². The standard InChI is InChI=1S/C16H12ClN5O/c17-13-4-1-12(2-5-13)3-10-16(23)19-14-6-8-15(9-7-14)22-11-18-20-21-22/h1-11H,(H,19,23)/b10-3+. The molecule has 1 heterocycles. The second-order valence-corrected chi connectivity index (χ2v) is 5.11. The van der Waals surface area contributed by atoms with Crippen LogP contribution < -0.4 is 5.32 Å². The first-order valence-electron chi connectivity index (χ1n) is 6.79. The summed E-state index contributed by atoms with van der Waals surface area (Å²) < 4.78 is 1.53. The highest BCUT2D eigenvalue weighted by atomic mass is 35.5. The van der Waals surface area contributed by atoms with Crippen LogP contribution >= 0.6 is 11.6 Å². The Bertz CT molecular complexity index is 811. The van der Waals surface area contributed by atoms with E-state index in [-0.39, 0.29) is 5.91 Å². The number of carbonyl (C=O) groups excluding carboxylic acids is 1. The van der Waals surface area contributed by atoms with Gasteiger partial charge >= 0.3 is 0 Å². The summed E-state index contributed by atoms with van der Waals surface area (Å²) in [6.07, 6.45) is 4.70. The van der Waals surface area contributed by atoms with Gasteiger partial charge < -0.3 is 5.32 Å². The Morgan fingerprint density at radius 3 is 2.48 bits per heavy atom. The molecule has 114 valence electrons. The van der Waals surface area contributed by atoms with E-state index < -0.39 is 0 Å². The molecule has 1 amide bonds. The second-order valence-electron chi connectivity index (χ2n) is 4.68. The molecule has 3 aromatic rings. The van der Waals surface area contributed by atoms with Crippen molar-refractivity contribution in [1.29, 1.82) is 0 Å². The number of nitrogens with one attached hydrogen (secondary N) is 1. The number of anilines is 1. The molecular weight excluding hydrogens is 314 g/mol. The van der Waals surface area contributed by atoms with Gasteiger partial charge in [0.1, 0.15) is 6.33 Å². The minimum atomic E-state index is -0.213. The van der Waals surface area contributed by atoms with Gasteiger partial charge in [0.05, 0.1) is 5.69 Å². The minimum absolute atomic E-state index is 0.213. The van der Waals surface area contributed by atoms with E-state index in [4.69, 9.17) is 11.6 Å². The maximum Gasteiger partial charge on any atom is 0.248 e. The molecule has 0 saturated carbocycles. The summed E-state index contributed by atoms with van der Waals surface area (Å²) in [5, 5.41) is 14.4. The Hall–Kier alpha value is -2.99. The van der Waals surface area contributed by atoms with E-state index in [1.54, 1.807) is 30.3 Å². The Morgan fingerprint density at radius 1 is 1.09 bits per heavy atom. The average molecular weight is 326 g/mol. The molecule has 0 unspecified atom stereocenters. The molecule has 0 spiro atoms. The highest BCUT2D eigenvalue weighted by Crippen LogP contribution is 2.13. The van der Waals surface area contributed by atoms with Gasteiger partial charge in [-0.05, 0) is 58.5 Å². The molecule has 0 aliphatic rings. The zero-order valence-electron chi connectivity index (χ0n) is 11.9. The molecule has 3 rings (SSSR count). The van der Waals surface area contributed by atoms with Crippen LogP contribution in [0.3, 0.4) is 0 Å². The van der Waals surface area contributed by atoms with Crippen LogP contribution in [0.1, 0.15) is 5.56 Å². The zero-order valence-corrected chi connectivity index (χ0v) is 12.7. The van der Waals surface area contributed by atoms with Gasteiger partial charge in [-0.25, -0.2) is 4.68 Å². The molecule has 0 radical (unpaired) electrons. The van der Waals surface area contributed by atoms with Crippen LogP contribution in [0, 0.1) is 0 Å². The first-order valence-corrected chi connectivity index (χ1v) is 7.16. The van der Waals surface area contributed by atoms with Gasteiger partial charge in [0.25, 0.3) is 0 Å². The van der Waals surface area contributed by atoms with E-state index in [9.17, 15) is 4.79 Å². The minimum Gasteiger partial charge on any atom is -0.323 e. The zero-order chi connectivity index (χ0) is 16.1. The largest absolute Gasteiger partial charge is 0.323 e. The molecule has 0 fully saturated rings. The van der Waals surface area contributed by atoms with Crippen LogP contribution in [-0.4, -0.2) is 26.1 Å². The average Bonchev–Trinajstić information content (AvgIpc) is 3.09. The molecule has 0 aliphatic heterocycles. The van der Waals surface area contributed by atoms with Gasteiger partial charge in [-0.1, -0.05) is 23.7 Å². The SMILES string of the molecule is O=C(/C=C/c1ccc(Cl)cc1)Nc1ccc(-n2cnnn2)cc1. The number of halogens is 1. The van der Waals surface area contributed by atoms with Crippen molar-refractivity contribution in [2.75, 3.05) is 5.32 Å². The van der Waals surface area contributed by atoms with E-state index in [1.165, 1.54) is 17.1 Å². The highest BCUT2D eigenvalue weighted by Gasteiger charge is 2.00. The van der Waals surface area contributed by atoms with Crippen molar-refractivity contribution in [1.82, 2.24) is 20.2 Å². The maximum atomic E-state index is 11.9. The summed E-state index contributed by atoms with van der Waals surface area (Å²) in [6, 6.07) is 14.4. The summed E-state index contributed by atoms with van der Waals surface area (Å²) >= 11 is 5.81. The summed E-state index contributed by atoms with van der Waals surface area (Å²) in [7, 11) is 0. The smallest absolute Gasteiger partial charge is 0.248 e. The molecule has 0 bridgehead atoms. The fraction of sp³-hybridized carbons (Fsp3) is 0. The van der Waals surface area contributed by atoms with Gasteiger partial charge in [-0.15, -0.1) is 5.10 Å². The molecule has 0 aliphatic carbocycles. The molecule has 1 aromatic heterocycles. The molecule has 1 N–H and O–H groups in total. The number of hydrogen-bond acceptors (Lipinski definition) is 4. The molecular formula is C16H12ClN5O. The van der Waals surface area contributed by atoms with E-state index in [2.05, 4.69) is 20.8 Å². The van der Waals surface area contributed by atoms with Gasteiger partial charge in [0.15, 0.2) is 0 Å². The first kappa shape index (κ1) is 14.9. The van der Waals surface area contributed by atoms with Gasteiger partial charge in [-0.2, -0.15) is 0 Å². The molecule has 6 nitrogen and oxygen atoms in total. The number of benzene rings is 2. The van der Waals surface area contributed by atoms with E-state index in [0.717, 1.165) is 11.3 Å². The Kier molecular flexibility index (Phi) is 4.44. The number of carbonyl (C=O) groups is 1. The number of hydrogen-bond donors (Lipinski definition) is 1. The van der Waals surface area contributed by atoms with Crippen molar-refractivity contribution < 1.29 is 4.79 Å². The first-order chi connectivity index (χ1) is 11.2. The van der Waals surface area contributed by atoms with Crippen molar-refractivity contribution in [3.63, 3.8) is 0 Å².